The van der Waals surface area contributed by atoms with Gasteiger partial charge in [-0.05, 0) is 50.0 Å². The van der Waals surface area contributed by atoms with E-state index in [1.807, 2.05) is 32.6 Å². The Morgan fingerprint density at radius 1 is 1.15 bits per heavy atom. The number of nitrogens with zero attached hydrogens (tertiary/aromatic N) is 4. The molecular formula is C18H26BrN5O3. The monoisotopic (exact) mass is 439 g/mol. The number of halogens is 1. The van der Waals surface area contributed by atoms with E-state index in [9.17, 15) is 9.59 Å². The zero-order chi connectivity index (χ0) is 19.8. The van der Waals surface area contributed by atoms with Crippen LogP contribution in [0.15, 0.2) is 16.9 Å². The minimum absolute atomic E-state index is 0.193. The number of rotatable bonds is 2. The van der Waals surface area contributed by atoms with Gasteiger partial charge in [0.15, 0.2) is 0 Å². The molecule has 1 unspecified atom stereocenters. The van der Waals surface area contributed by atoms with Crippen LogP contribution in [0.4, 0.5) is 5.95 Å². The van der Waals surface area contributed by atoms with Crippen LogP contribution in [0.3, 0.4) is 0 Å². The lowest BCUT2D eigenvalue weighted by atomic mass is 9.94. The molecule has 0 bridgehead atoms. The molecule has 148 valence electrons. The summed E-state index contributed by atoms with van der Waals surface area (Å²) in [5.41, 5.74) is -0.822. The van der Waals surface area contributed by atoms with Crippen molar-refractivity contribution in [2.24, 2.45) is 0 Å². The molecule has 0 spiro atoms. The maximum Gasteiger partial charge on any atom is 0.312 e. The fourth-order valence-electron chi connectivity index (χ4n) is 3.73. The second kappa shape index (κ2) is 7.35. The lowest BCUT2D eigenvalue weighted by Crippen LogP contribution is -2.55. The van der Waals surface area contributed by atoms with Crippen molar-refractivity contribution in [2.45, 2.75) is 51.4 Å². The standard InChI is InChI=1S/C18H26BrN5O3/c1-17(2)9-13(18(3,4)27-17)22-14(25)15(26)23-5-7-24(8-6-23)16-20-10-12(19)11-21-16/h10-11,13H,5-9H2,1-4H3,(H,22,25). The van der Waals surface area contributed by atoms with Gasteiger partial charge in [-0.1, -0.05) is 0 Å². The fourth-order valence-corrected chi connectivity index (χ4v) is 3.93. The van der Waals surface area contributed by atoms with Gasteiger partial charge >= 0.3 is 11.8 Å². The van der Waals surface area contributed by atoms with Gasteiger partial charge in [0.2, 0.25) is 5.95 Å². The zero-order valence-electron chi connectivity index (χ0n) is 16.2. The average molecular weight is 440 g/mol. The molecule has 8 nitrogen and oxygen atoms in total. The van der Waals surface area contributed by atoms with E-state index in [4.69, 9.17) is 4.74 Å². The molecule has 2 aliphatic rings. The van der Waals surface area contributed by atoms with Crippen molar-refractivity contribution in [3.63, 3.8) is 0 Å². The minimum atomic E-state index is -0.567. The van der Waals surface area contributed by atoms with Crippen molar-refractivity contribution < 1.29 is 14.3 Å². The number of carbonyl (C=O) groups is 2. The van der Waals surface area contributed by atoms with Gasteiger partial charge in [0.05, 0.1) is 21.7 Å². The first-order valence-electron chi connectivity index (χ1n) is 9.10. The Hall–Kier alpha value is -1.74. The molecule has 0 radical (unpaired) electrons. The van der Waals surface area contributed by atoms with Gasteiger partial charge < -0.3 is 19.9 Å². The van der Waals surface area contributed by atoms with Gasteiger partial charge in [-0.15, -0.1) is 0 Å². The highest BCUT2D eigenvalue weighted by Gasteiger charge is 2.47. The predicted molar refractivity (Wildman–Crippen MR) is 104 cm³/mol. The van der Waals surface area contributed by atoms with Crippen LogP contribution in [0, 0.1) is 0 Å². The number of piperazine rings is 1. The largest absolute Gasteiger partial charge is 0.367 e. The molecule has 2 amide bonds. The summed E-state index contributed by atoms with van der Waals surface area (Å²) in [6.45, 7) is 9.96. The maximum absolute atomic E-state index is 12.6. The van der Waals surface area contributed by atoms with Crippen LogP contribution in [0.1, 0.15) is 34.1 Å². The number of carbonyl (C=O) groups excluding carboxylic acids is 2. The van der Waals surface area contributed by atoms with E-state index in [2.05, 4.69) is 31.2 Å². The summed E-state index contributed by atoms with van der Waals surface area (Å²) in [6, 6.07) is -0.193. The lowest BCUT2D eigenvalue weighted by molar-refractivity contribution is -0.147. The van der Waals surface area contributed by atoms with Crippen LogP contribution >= 0.6 is 15.9 Å². The maximum atomic E-state index is 12.6. The van der Waals surface area contributed by atoms with E-state index in [1.54, 1.807) is 17.3 Å². The predicted octanol–water partition coefficient (Wildman–Crippen LogP) is 1.35. The van der Waals surface area contributed by atoms with E-state index in [0.29, 0.717) is 38.5 Å². The molecule has 0 saturated carbocycles. The van der Waals surface area contributed by atoms with Gasteiger partial charge in [-0.3, -0.25) is 9.59 Å². The van der Waals surface area contributed by atoms with Crippen molar-refractivity contribution >= 4 is 33.7 Å². The highest BCUT2D eigenvalue weighted by molar-refractivity contribution is 9.10. The number of anilines is 1. The van der Waals surface area contributed by atoms with Crippen LogP contribution in [0.2, 0.25) is 0 Å². The SMILES string of the molecule is CC1(C)CC(NC(=O)C(=O)N2CCN(c3ncc(Br)cn3)CC2)C(C)(C)O1. The van der Waals surface area contributed by atoms with Crippen molar-refractivity contribution in [3.8, 4) is 0 Å². The smallest absolute Gasteiger partial charge is 0.312 e. The number of ether oxygens (including phenoxy) is 1. The summed E-state index contributed by atoms with van der Waals surface area (Å²) in [4.78, 5) is 37.2. The van der Waals surface area contributed by atoms with Gasteiger partial charge in [0.25, 0.3) is 0 Å². The Morgan fingerprint density at radius 3 is 2.26 bits per heavy atom. The molecular weight excluding hydrogens is 414 g/mol. The van der Waals surface area contributed by atoms with E-state index < -0.39 is 17.4 Å². The van der Waals surface area contributed by atoms with Crippen molar-refractivity contribution in [2.75, 3.05) is 31.1 Å². The highest BCUT2D eigenvalue weighted by Crippen LogP contribution is 2.37. The molecule has 1 atom stereocenters. The van der Waals surface area contributed by atoms with Crippen molar-refractivity contribution in [3.05, 3.63) is 16.9 Å². The molecule has 2 saturated heterocycles. The van der Waals surface area contributed by atoms with Gasteiger partial charge in [-0.25, -0.2) is 9.97 Å². The molecule has 3 rings (SSSR count). The van der Waals surface area contributed by atoms with Crippen LogP contribution in [0.5, 0.6) is 0 Å². The first-order valence-corrected chi connectivity index (χ1v) is 9.89. The topological polar surface area (TPSA) is 87.7 Å². The second-order valence-corrected chi connectivity index (χ2v) is 9.09. The third-order valence-electron chi connectivity index (χ3n) is 5.03. The quantitative estimate of drug-likeness (QED) is 0.699. The normalized spacial score (nSPS) is 24.0. The van der Waals surface area contributed by atoms with E-state index in [-0.39, 0.29) is 11.6 Å². The number of nitrogens with one attached hydrogen (secondary N) is 1. The Morgan fingerprint density at radius 2 is 1.74 bits per heavy atom. The molecule has 1 N–H and O–H groups in total. The summed E-state index contributed by atoms with van der Waals surface area (Å²) in [6.07, 6.45) is 4.06. The molecule has 1 aromatic rings. The Balaban J connectivity index is 1.54. The summed E-state index contributed by atoms with van der Waals surface area (Å²) < 4.78 is 6.80. The van der Waals surface area contributed by atoms with E-state index in [0.717, 1.165) is 4.47 Å². The van der Waals surface area contributed by atoms with Crippen LogP contribution < -0.4 is 10.2 Å². The summed E-state index contributed by atoms with van der Waals surface area (Å²) in [7, 11) is 0. The van der Waals surface area contributed by atoms with E-state index >= 15 is 0 Å². The third-order valence-corrected chi connectivity index (χ3v) is 5.44. The van der Waals surface area contributed by atoms with Crippen LogP contribution in [-0.2, 0) is 14.3 Å². The molecule has 2 fully saturated rings. The first kappa shape index (κ1) is 20.0. The Labute approximate surface area is 167 Å². The highest BCUT2D eigenvalue weighted by atomic mass is 79.9. The Kier molecular flexibility index (Phi) is 5.45. The zero-order valence-corrected chi connectivity index (χ0v) is 17.7. The fraction of sp³-hybridized carbons (Fsp3) is 0.667. The molecule has 2 aliphatic heterocycles. The van der Waals surface area contributed by atoms with E-state index in [1.165, 1.54) is 0 Å². The van der Waals surface area contributed by atoms with Gasteiger partial charge in [0, 0.05) is 38.6 Å². The first-order chi connectivity index (χ1) is 12.6. The number of aromatic nitrogens is 2. The molecule has 27 heavy (non-hydrogen) atoms. The molecule has 0 aliphatic carbocycles. The Bertz CT molecular complexity index is 714. The molecule has 0 aromatic carbocycles. The molecule has 9 heteroatoms. The van der Waals surface area contributed by atoms with Crippen LogP contribution in [-0.4, -0.2) is 70.1 Å². The summed E-state index contributed by atoms with van der Waals surface area (Å²) in [5.74, 6) is -0.434. The molecule has 3 heterocycles. The number of hydrogen-bond donors (Lipinski definition) is 1. The third kappa shape index (κ3) is 4.57. The average Bonchev–Trinajstić information content (AvgIpc) is 2.81. The molecule has 1 aromatic heterocycles. The van der Waals surface area contributed by atoms with Crippen LogP contribution in [0.25, 0.3) is 0 Å². The minimum Gasteiger partial charge on any atom is -0.367 e. The summed E-state index contributed by atoms with van der Waals surface area (Å²) >= 11 is 3.31. The lowest BCUT2D eigenvalue weighted by Gasteiger charge is -2.34. The summed E-state index contributed by atoms with van der Waals surface area (Å²) in [5, 5.41) is 2.87. The van der Waals surface area contributed by atoms with Gasteiger partial charge in [0.1, 0.15) is 0 Å². The van der Waals surface area contributed by atoms with Gasteiger partial charge in [-0.2, -0.15) is 0 Å². The second-order valence-electron chi connectivity index (χ2n) is 8.18. The number of amides is 2. The number of hydrogen-bond acceptors (Lipinski definition) is 6. The van der Waals surface area contributed by atoms with Crippen molar-refractivity contribution in [1.82, 2.24) is 20.2 Å². The van der Waals surface area contributed by atoms with Crippen molar-refractivity contribution in [1.29, 1.82) is 0 Å².